The number of likely N-dealkylation sites (tertiary alicyclic amines) is 1. The molecule has 0 radical (unpaired) electrons. The van der Waals surface area contributed by atoms with Crippen molar-refractivity contribution in [2.24, 2.45) is 5.41 Å². The minimum atomic E-state index is -0.251. The predicted molar refractivity (Wildman–Crippen MR) is 162 cm³/mol. The van der Waals surface area contributed by atoms with Crippen LogP contribution in [0.5, 0.6) is 0 Å². The summed E-state index contributed by atoms with van der Waals surface area (Å²) in [6.07, 6.45) is 7.67. The number of hydrogen-bond acceptors (Lipinski definition) is 5. The molecule has 6 heteroatoms. The summed E-state index contributed by atoms with van der Waals surface area (Å²) in [5.74, 6) is -0.251. The van der Waals surface area contributed by atoms with Gasteiger partial charge in [0.25, 0.3) is 0 Å². The first kappa shape index (κ1) is 28.2. The average Bonchev–Trinajstić information content (AvgIpc) is 2.95. The van der Waals surface area contributed by atoms with Crippen LogP contribution in [0, 0.1) is 5.41 Å². The number of allylic oxidation sites excluding steroid dienone is 1. The van der Waals surface area contributed by atoms with E-state index < -0.39 is 0 Å². The van der Waals surface area contributed by atoms with Gasteiger partial charge in [0.05, 0.1) is 12.2 Å². The molecule has 1 unspecified atom stereocenters. The van der Waals surface area contributed by atoms with Crippen molar-refractivity contribution < 1.29 is 9.53 Å². The monoisotopic (exact) mass is 549 g/mol. The molecule has 2 saturated heterocycles. The molecule has 210 valence electrons. The van der Waals surface area contributed by atoms with Gasteiger partial charge in [0, 0.05) is 50.0 Å². The van der Waals surface area contributed by atoms with Gasteiger partial charge in [0.15, 0.2) is 0 Å². The maximum atomic E-state index is 12.0. The number of piperidine rings is 1. The maximum absolute atomic E-state index is 12.0. The second-order valence-corrected chi connectivity index (χ2v) is 12.4. The quantitative estimate of drug-likeness (QED) is 0.340. The smallest absolute Gasteiger partial charge is 0.338 e. The van der Waals surface area contributed by atoms with Gasteiger partial charge in [0.2, 0.25) is 0 Å². The summed E-state index contributed by atoms with van der Waals surface area (Å²) in [4.78, 5) is 19.8. The minimum absolute atomic E-state index is 0.251. The molecule has 3 aliphatic rings. The van der Waals surface area contributed by atoms with Crippen LogP contribution in [0.4, 0.5) is 5.69 Å². The standard InChI is InChI=1S/C33H44ClN3O2/c1-3-39-32(38)27-9-13-30(14-10-27)37-21-19-35(20-22-37)24-28-23-33(2,25-36-17-5-4-6-18-36)16-15-31(28)26-7-11-29(34)12-8-26/h7-14H,3-6,15-25H2,1-2H3. The van der Waals surface area contributed by atoms with Crippen molar-refractivity contribution in [3.05, 3.63) is 70.3 Å². The number of piperazine rings is 1. The number of benzene rings is 2. The lowest BCUT2D eigenvalue weighted by Crippen LogP contribution is -2.47. The molecule has 0 amide bonds. The van der Waals surface area contributed by atoms with Gasteiger partial charge >= 0.3 is 5.97 Å². The van der Waals surface area contributed by atoms with Crippen LogP contribution in [0.25, 0.3) is 5.57 Å². The molecule has 0 saturated carbocycles. The van der Waals surface area contributed by atoms with Crippen molar-refractivity contribution in [2.75, 3.05) is 63.9 Å². The first-order valence-corrected chi connectivity index (χ1v) is 15.2. The number of nitrogens with zero attached hydrogens (tertiary/aromatic N) is 3. The van der Waals surface area contributed by atoms with Gasteiger partial charge in [0.1, 0.15) is 0 Å². The van der Waals surface area contributed by atoms with Crippen LogP contribution >= 0.6 is 11.6 Å². The molecule has 5 rings (SSSR count). The fraction of sp³-hybridized carbons (Fsp3) is 0.545. The third-order valence-corrected chi connectivity index (χ3v) is 9.07. The summed E-state index contributed by atoms with van der Waals surface area (Å²) < 4.78 is 5.13. The highest BCUT2D eigenvalue weighted by molar-refractivity contribution is 6.30. The summed E-state index contributed by atoms with van der Waals surface area (Å²) >= 11 is 6.24. The second kappa shape index (κ2) is 12.9. The lowest BCUT2D eigenvalue weighted by molar-refractivity contribution is 0.0526. The molecule has 2 aliphatic heterocycles. The van der Waals surface area contributed by atoms with Gasteiger partial charge < -0.3 is 14.5 Å². The van der Waals surface area contributed by atoms with E-state index in [9.17, 15) is 4.79 Å². The van der Waals surface area contributed by atoms with Crippen molar-refractivity contribution in [1.82, 2.24) is 9.80 Å². The van der Waals surface area contributed by atoms with E-state index in [2.05, 4.69) is 45.9 Å². The molecule has 2 aromatic rings. The number of ether oxygens (including phenoxy) is 1. The molecule has 0 N–H and O–H groups in total. The Hall–Kier alpha value is -2.34. The van der Waals surface area contributed by atoms with Gasteiger partial charge in [-0.1, -0.05) is 42.7 Å². The van der Waals surface area contributed by atoms with Gasteiger partial charge in [-0.05, 0) is 105 Å². The third-order valence-electron chi connectivity index (χ3n) is 8.82. The average molecular weight is 550 g/mol. The van der Waals surface area contributed by atoms with E-state index in [1.165, 1.54) is 63.0 Å². The summed E-state index contributed by atoms with van der Waals surface area (Å²) in [5.41, 5.74) is 6.64. The van der Waals surface area contributed by atoms with E-state index >= 15 is 0 Å². The molecule has 0 bridgehead atoms. The highest BCUT2D eigenvalue weighted by atomic mass is 35.5. The highest BCUT2D eigenvalue weighted by Gasteiger charge is 2.34. The zero-order valence-electron chi connectivity index (χ0n) is 23.8. The Bertz CT molecular complexity index is 1130. The first-order valence-electron chi connectivity index (χ1n) is 14.9. The van der Waals surface area contributed by atoms with E-state index in [0.29, 0.717) is 17.6 Å². The van der Waals surface area contributed by atoms with Crippen LogP contribution in [0.3, 0.4) is 0 Å². The molecule has 0 aromatic heterocycles. The Labute approximate surface area is 239 Å². The molecule has 2 aromatic carbocycles. The molecule has 1 aliphatic carbocycles. The van der Waals surface area contributed by atoms with Crippen LogP contribution in [0.15, 0.2) is 54.1 Å². The summed E-state index contributed by atoms with van der Waals surface area (Å²) in [6, 6.07) is 16.4. The predicted octanol–water partition coefficient (Wildman–Crippen LogP) is 6.77. The number of anilines is 1. The van der Waals surface area contributed by atoms with Crippen LogP contribution in [-0.4, -0.2) is 74.7 Å². The van der Waals surface area contributed by atoms with Crippen LogP contribution in [0.1, 0.15) is 68.3 Å². The molecule has 0 spiro atoms. The fourth-order valence-corrected chi connectivity index (χ4v) is 6.84. The highest BCUT2D eigenvalue weighted by Crippen LogP contribution is 2.44. The van der Waals surface area contributed by atoms with Crippen molar-refractivity contribution in [3.63, 3.8) is 0 Å². The molecule has 1 atom stereocenters. The SMILES string of the molecule is CCOC(=O)c1ccc(N2CCN(CC3=C(c4ccc(Cl)cc4)CCC(C)(CN4CCCCC4)C3)CC2)cc1. The fourth-order valence-electron chi connectivity index (χ4n) is 6.71. The van der Waals surface area contributed by atoms with Crippen molar-refractivity contribution in [1.29, 1.82) is 0 Å². The maximum Gasteiger partial charge on any atom is 0.338 e. The topological polar surface area (TPSA) is 36.0 Å². The second-order valence-electron chi connectivity index (χ2n) is 11.9. The zero-order valence-corrected chi connectivity index (χ0v) is 24.5. The number of rotatable bonds is 8. The number of esters is 1. The lowest BCUT2D eigenvalue weighted by atomic mass is 9.71. The Morgan fingerprint density at radius 3 is 2.26 bits per heavy atom. The van der Waals surface area contributed by atoms with Gasteiger partial charge in [-0.2, -0.15) is 0 Å². The van der Waals surface area contributed by atoms with Crippen LogP contribution in [0.2, 0.25) is 5.02 Å². The minimum Gasteiger partial charge on any atom is -0.462 e. The van der Waals surface area contributed by atoms with Crippen LogP contribution < -0.4 is 4.90 Å². The van der Waals surface area contributed by atoms with Crippen molar-refractivity contribution in [3.8, 4) is 0 Å². The van der Waals surface area contributed by atoms with Crippen LogP contribution in [-0.2, 0) is 4.74 Å². The molecular weight excluding hydrogens is 506 g/mol. The van der Waals surface area contributed by atoms with Crippen molar-refractivity contribution in [2.45, 2.75) is 52.4 Å². The van der Waals surface area contributed by atoms with E-state index in [1.54, 1.807) is 11.1 Å². The molecule has 2 fully saturated rings. The molecular formula is C33H44ClN3O2. The Morgan fingerprint density at radius 2 is 1.59 bits per heavy atom. The van der Waals surface area contributed by atoms with E-state index in [0.717, 1.165) is 44.2 Å². The van der Waals surface area contributed by atoms with Gasteiger partial charge in [-0.15, -0.1) is 0 Å². The number of carbonyl (C=O) groups is 1. The van der Waals surface area contributed by atoms with E-state index in [1.807, 2.05) is 31.2 Å². The Balaban J connectivity index is 1.26. The molecule has 5 nitrogen and oxygen atoms in total. The summed E-state index contributed by atoms with van der Waals surface area (Å²) in [7, 11) is 0. The Morgan fingerprint density at radius 1 is 0.897 bits per heavy atom. The number of hydrogen-bond donors (Lipinski definition) is 0. The third kappa shape index (κ3) is 7.25. The largest absolute Gasteiger partial charge is 0.462 e. The lowest BCUT2D eigenvalue weighted by Gasteiger charge is -2.43. The zero-order chi connectivity index (χ0) is 27.2. The van der Waals surface area contributed by atoms with Gasteiger partial charge in [-0.3, -0.25) is 4.90 Å². The summed E-state index contributed by atoms with van der Waals surface area (Å²) in [5, 5.41) is 0.804. The number of carbonyl (C=O) groups excluding carboxylic acids is 1. The first-order chi connectivity index (χ1) is 18.9. The number of halogens is 1. The van der Waals surface area contributed by atoms with E-state index in [-0.39, 0.29) is 5.97 Å². The molecule has 2 heterocycles. The molecule has 39 heavy (non-hydrogen) atoms. The van der Waals surface area contributed by atoms with Crippen molar-refractivity contribution >= 4 is 28.8 Å². The van der Waals surface area contributed by atoms with Gasteiger partial charge in [-0.25, -0.2) is 4.79 Å². The Kier molecular flexibility index (Phi) is 9.32. The van der Waals surface area contributed by atoms with E-state index in [4.69, 9.17) is 16.3 Å². The normalized spacial score (nSPS) is 23.2. The summed E-state index contributed by atoms with van der Waals surface area (Å²) in [6.45, 7) is 13.6.